The fraction of sp³-hybridized carbons (Fsp3) is 0.364. The lowest BCUT2D eigenvalue weighted by molar-refractivity contribution is -0.659. The van der Waals surface area contributed by atoms with E-state index in [0.29, 0.717) is 17.8 Å². The van der Waals surface area contributed by atoms with Crippen molar-refractivity contribution in [1.82, 2.24) is 0 Å². The molecule has 1 heteroatoms. The summed E-state index contributed by atoms with van der Waals surface area (Å²) in [6.07, 6.45) is 2.23. The number of aryl methyl sites for hydroxylation is 2. The molecule has 5 rings (SSSR count). The third-order valence-corrected chi connectivity index (χ3v) is 8.17. The molecule has 1 heterocycles. The summed E-state index contributed by atoms with van der Waals surface area (Å²) in [6, 6.07) is 23.3. The van der Waals surface area contributed by atoms with Crippen LogP contribution in [-0.4, -0.2) is 0 Å². The van der Waals surface area contributed by atoms with Gasteiger partial charge in [0, 0.05) is 11.5 Å². The van der Waals surface area contributed by atoms with Crippen LogP contribution in [0.25, 0.3) is 33.2 Å². The molecule has 0 atom stereocenters. The minimum Gasteiger partial charge on any atom is -0.200 e. The molecule has 1 aliphatic rings. The second kappa shape index (κ2) is 8.08. The van der Waals surface area contributed by atoms with Gasteiger partial charge in [-0.15, -0.1) is 0 Å². The van der Waals surface area contributed by atoms with Gasteiger partial charge < -0.3 is 0 Å². The summed E-state index contributed by atoms with van der Waals surface area (Å²) in [7, 11) is 2.18. The Morgan fingerprint density at radius 3 is 2.15 bits per heavy atom. The van der Waals surface area contributed by atoms with Gasteiger partial charge in [-0.2, -0.15) is 0 Å². The van der Waals surface area contributed by atoms with Crippen LogP contribution >= 0.6 is 0 Å². The van der Waals surface area contributed by atoms with Crippen LogP contribution in [0.15, 0.2) is 66.9 Å². The monoisotopic (exact) mass is 448 g/mol. The maximum atomic E-state index is 2.47. The molecular weight excluding hydrogens is 410 g/mol. The summed E-state index contributed by atoms with van der Waals surface area (Å²) in [4.78, 5) is 0. The van der Waals surface area contributed by atoms with Gasteiger partial charge in [0.1, 0.15) is 7.05 Å². The topological polar surface area (TPSA) is 3.88 Å². The lowest BCUT2D eigenvalue weighted by atomic mass is 9.79. The van der Waals surface area contributed by atoms with Crippen molar-refractivity contribution < 1.29 is 4.57 Å². The molecule has 0 saturated heterocycles. The first kappa shape index (κ1) is 22.8. The summed E-state index contributed by atoms with van der Waals surface area (Å²) in [5.41, 5.74) is 11.1. The molecule has 1 nitrogen and oxygen atoms in total. The fourth-order valence-electron chi connectivity index (χ4n) is 6.58. The van der Waals surface area contributed by atoms with Crippen molar-refractivity contribution in [3.8, 4) is 22.4 Å². The summed E-state index contributed by atoms with van der Waals surface area (Å²) < 4.78 is 2.30. The third kappa shape index (κ3) is 3.40. The van der Waals surface area contributed by atoms with Crippen molar-refractivity contribution in [3.63, 3.8) is 0 Å². The van der Waals surface area contributed by atoms with Gasteiger partial charge in [-0.05, 0) is 75.6 Å². The molecule has 0 radical (unpaired) electrons. The Bertz CT molecular complexity index is 1400. The number of benzene rings is 3. The normalized spacial score (nSPS) is 14.3. The minimum atomic E-state index is 0.00640. The summed E-state index contributed by atoms with van der Waals surface area (Å²) in [6.45, 7) is 16.4. The van der Waals surface area contributed by atoms with E-state index in [1.807, 2.05) is 0 Å². The van der Waals surface area contributed by atoms with E-state index in [1.54, 1.807) is 0 Å². The van der Waals surface area contributed by atoms with Crippen molar-refractivity contribution in [3.05, 3.63) is 89.1 Å². The lowest BCUT2D eigenvalue weighted by Crippen LogP contribution is -2.31. The van der Waals surface area contributed by atoms with Gasteiger partial charge in [0.15, 0.2) is 6.20 Å². The van der Waals surface area contributed by atoms with Gasteiger partial charge in [-0.3, -0.25) is 0 Å². The van der Waals surface area contributed by atoms with Gasteiger partial charge >= 0.3 is 0 Å². The number of hydrogen-bond acceptors (Lipinski definition) is 0. The molecule has 0 spiro atoms. The lowest BCUT2D eigenvalue weighted by Gasteiger charge is -2.25. The van der Waals surface area contributed by atoms with Crippen molar-refractivity contribution in [2.24, 2.45) is 18.9 Å². The first-order chi connectivity index (χ1) is 16.1. The number of nitrogens with zero attached hydrogens (tertiary/aromatic N) is 1. The van der Waals surface area contributed by atoms with E-state index in [9.17, 15) is 0 Å². The van der Waals surface area contributed by atoms with E-state index in [0.717, 1.165) is 0 Å². The molecule has 1 aromatic heterocycles. The van der Waals surface area contributed by atoms with Crippen molar-refractivity contribution in [2.75, 3.05) is 0 Å². The first-order valence-electron chi connectivity index (χ1n) is 12.8. The second-order valence-corrected chi connectivity index (χ2v) is 11.5. The Kier molecular flexibility index (Phi) is 5.43. The highest BCUT2D eigenvalue weighted by molar-refractivity contribution is 5.95. The van der Waals surface area contributed by atoms with E-state index in [-0.39, 0.29) is 5.41 Å². The van der Waals surface area contributed by atoms with E-state index in [1.165, 1.54) is 55.4 Å². The van der Waals surface area contributed by atoms with E-state index in [2.05, 4.69) is 127 Å². The van der Waals surface area contributed by atoms with E-state index < -0.39 is 0 Å². The van der Waals surface area contributed by atoms with Crippen LogP contribution < -0.4 is 4.57 Å². The predicted octanol–water partition coefficient (Wildman–Crippen LogP) is 8.34. The Hall–Kier alpha value is -2.93. The molecule has 0 saturated carbocycles. The van der Waals surface area contributed by atoms with Crippen LogP contribution in [0.4, 0.5) is 0 Å². The highest BCUT2D eigenvalue weighted by Gasteiger charge is 2.36. The highest BCUT2D eigenvalue weighted by Crippen LogP contribution is 2.50. The Balaban J connectivity index is 1.72. The number of hydrogen-bond donors (Lipinski definition) is 0. The molecule has 0 bridgehead atoms. The van der Waals surface area contributed by atoms with Crippen LogP contribution in [0.2, 0.25) is 0 Å². The zero-order valence-electron chi connectivity index (χ0n) is 22.0. The molecule has 3 aromatic carbocycles. The molecule has 0 N–H and O–H groups in total. The first-order valence-corrected chi connectivity index (χ1v) is 12.8. The summed E-state index contributed by atoms with van der Waals surface area (Å²) in [5, 5.41) is 2.66. The maximum Gasteiger partial charge on any atom is 0.220 e. The molecule has 0 aliphatic heterocycles. The van der Waals surface area contributed by atoms with E-state index >= 15 is 0 Å². The zero-order chi connectivity index (χ0) is 24.4. The Morgan fingerprint density at radius 1 is 0.735 bits per heavy atom. The Labute approximate surface area is 205 Å². The number of rotatable bonds is 4. The van der Waals surface area contributed by atoms with Crippen LogP contribution in [0.3, 0.4) is 0 Å². The molecule has 0 unspecified atom stereocenters. The molecule has 174 valence electrons. The molecule has 0 amide bonds. The van der Waals surface area contributed by atoms with Crippen molar-refractivity contribution in [1.29, 1.82) is 0 Å². The standard InChI is InChI=1S/C33H38N/c1-20(2)31(21(3)4)24-13-14-25-23(18-24)15-16-34(8)32(25)27-19-30-28(17-22(27)5)26-11-9-10-12-29(26)33(30,6)7/h9-21,31H,1-8H3/q+1. The highest BCUT2D eigenvalue weighted by atomic mass is 14.9. The van der Waals surface area contributed by atoms with Gasteiger partial charge in [-0.25, -0.2) is 4.57 Å². The van der Waals surface area contributed by atoms with Gasteiger partial charge in [0.05, 0.1) is 10.9 Å². The number of fused-ring (bicyclic) bond motifs is 4. The predicted molar refractivity (Wildman–Crippen MR) is 145 cm³/mol. The smallest absolute Gasteiger partial charge is 0.200 e. The Morgan fingerprint density at radius 2 is 1.44 bits per heavy atom. The second-order valence-electron chi connectivity index (χ2n) is 11.5. The van der Waals surface area contributed by atoms with Crippen LogP contribution in [-0.2, 0) is 12.5 Å². The van der Waals surface area contributed by atoms with Crippen LogP contribution in [0.5, 0.6) is 0 Å². The fourth-order valence-corrected chi connectivity index (χ4v) is 6.58. The van der Waals surface area contributed by atoms with Gasteiger partial charge in [0.25, 0.3) is 0 Å². The molecule has 34 heavy (non-hydrogen) atoms. The SMILES string of the molecule is Cc1cc2c(cc1-c1c3ccc(C(C(C)C)C(C)C)cc3cc[n+]1C)C(C)(C)c1ccccc1-2. The summed E-state index contributed by atoms with van der Waals surface area (Å²) in [5.74, 6) is 1.82. The summed E-state index contributed by atoms with van der Waals surface area (Å²) >= 11 is 0. The quantitative estimate of drug-likeness (QED) is 0.276. The maximum absolute atomic E-state index is 2.47. The van der Waals surface area contributed by atoms with Crippen molar-refractivity contribution >= 4 is 10.8 Å². The van der Waals surface area contributed by atoms with Crippen LogP contribution in [0.1, 0.15) is 69.7 Å². The third-order valence-electron chi connectivity index (χ3n) is 8.17. The van der Waals surface area contributed by atoms with Crippen LogP contribution in [0, 0.1) is 18.8 Å². The van der Waals surface area contributed by atoms with Gasteiger partial charge in [-0.1, -0.05) is 84.0 Å². The molecule has 0 fully saturated rings. The van der Waals surface area contributed by atoms with E-state index in [4.69, 9.17) is 0 Å². The number of aromatic nitrogens is 1. The molecule has 4 aromatic rings. The molecule has 1 aliphatic carbocycles. The molecular formula is C33H38N+. The average Bonchev–Trinajstić information content (AvgIpc) is 3.00. The minimum absolute atomic E-state index is 0.00640. The zero-order valence-corrected chi connectivity index (χ0v) is 22.0. The largest absolute Gasteiger partial charge is 0.220 e. The van der Waals surface area contributed by atoms with Gasteiger partial charge in [0.2, 0.25) is 5.69 Å². The average molecular weight is 449 g/mol. The number of pyridine rings is 1. The van der Waals surface area contributed by atoms with Crippen molar-refractivity contribution in [2.45, 2.75) is 59.8 Å².